The number of ether oxygens (including phenoxy) is 5. The monoisotopic (exact) mass is 490 g/mol. The summed E-state index contributed by atoms with van der Waals surface area (Å²) in [4.78, 5) is 47.9. The summed E-state index contributed by atoms with van der Waals surface area (Å²) in [6.07, 6.45) is -4.42. The van der Waals surface area contributed by atoms with Crippen molar-refractivity contribution in [1.29, 1.82) is 0 Å². The lowest BCUT2D eigenvalue weighted by Gasteiger charge is -2.44. The molecule has 1 fully saturated rings. The molecule has 1 heterocycles. The number of esters is 4. The zero-order valence-corrected chi connectivity index (χ0v) is 20.0. The molecule has 0 aliphatic carbocycles. The first-order chi connectivity index (χ1) is 16.1. The van der Waals surface area contributed by atoms with Crippen molar-refractivity contribution in [2.45, 2.75) is 62.4 Å². The van der Waals surface area contributed by atoms with Crippen molar-refractivity contribution < 1.29 is 42.9 Å². The summed E-state index contributed by atoms with van der Waals surface area (Å²) >= 11 is 1.25. The molecular formula is C24H26O9S. The first-order valence-electron chi connectivity index (χ1n) is 10.6. The minimum absolute atomic E-state index is 0.257. The molecule has 182 valence electrons. The Morgan fingerprint density at radius 1 is 0.765 bits per heavy atom. The smallest absolute Gasteiger partial charge is 0.303 e. The lowest BCUT2D eigenvalue weighted by Crippen LogP contribution is -2.61. The molecule has 0 N–H and O–H groups in total. The lowest BCUT2D eigenvalue weighted by molar-refractivity contribution is -0.237. The van der Waals surface area contributed by atoms with Gasteiger partial charge in [-0.05, 0) is 22.9 Å². The Kier molecular flexibility index (Phi) is 8.51. The van der Waals surface area contributed by atoms with E-state index in [4.69, 9.17) is 23.7 Å². The molecule has 3 rings (SSSR count). The normalized spacial score (nSPS) is 24.2. The van der Waals surface area contributed by atoms with Gasteiger partial charge in [-0.2, -0.15) is 0 Å². The molecule has 0 radical (unpaired) electrons. The number of carbonyl (C=O) groups is 4. The van der Waals surface area contributed by atoms with Gasteiger partial charge in [0.2, 0.25) is 0 Å². The van der Waals surface area contributed by atoms with Gasteiger partial charge in [0.25, 0.3) is 0 Å². The SMILES string of the molecule is CC(=O)OC[C@@H]1O[C@H](Sc2ccc3ccccc3c2)[C@@H](OC(C)=O)[C@@H](OC(C)=O)[C@H]1OC(C)=O. The molecule has 0 bridgehead atoms. The van der Waals surface area contributed by atoms with Crippen LogP contribution in [0, 0.1) is 0 Å². The van der Waals surface area contributed by atoms with E-state index in [0.29, 0.717) is 0 Å². The second kappa shape index (κ2) is 11.3. The molecule has 0 spiro atoms. The van der Waals surface area contributed by atoms with E-state index in [2.05, 4.69) is 0 Å². The summed E-state index contributed by atoms with van der Waals surface area (Å²) in [5.74, 6) is -2.52. The number of carbonyl (C=O) groups excluding carboxylic acids is 4. The van der Waals surface area contributed by atoms with Crippen LogP contribution in [0.2, 0.25) is 0 Å². The third kappa shape index (κ3) is 6.71. The highest BCUT2D eigenvalue weighted by molar-refractivity contribution is 7.99. The lowest BCUT2D eigenvalue weighted by atomic mass is 9.99. The van der Waals surface area contributed by atoms with E-state index in [-0.39, 0.29) is 6.61 Å². The summed E-state index contributed by atoms with van der Waals surface area (Å²) in [6.45, 7) is 4.57. The van der Waals surface area contributed by atoms with Gasteiger partial charge in [0.1, 0.15) is 18.1 Å². The van der Waals surface area contributed by atoms with Gasteiger partial charge in [-0.15, -0.1) is 0 Å². The maximum absolute atomic E-state index is 11.9. The Morgan fingerprint density at radius 3 is 1.97 bits per heavy atom. The summed E-state index contributed by atoms with van der Waals surface area (Å²) in [5.41, 5.74) is -0.859. The molecule has 5 atom stereocenters. The molecule has 1 saturated heterocycles. The minimum atomic E-state index is -1.18. The van der Waals surface area contributed by atoms with Crippen LogP contribution in [0.25, 0.3) is 10.8 Å². The minimum Gasteiger partial charge on any atom is -0.463 e. The zero-order valence-electron chi connectivity index (χ0n) is 19.2. The number of thioether (sulfide) groups is 1. The fourth-order valence-corrected chi connectivity index (χ4v) is 4.81. The molecule has 2 aromatic rings. The van der Waals surface area contributed by atoms with Crippen LogP contribution in [0.1, 0.15) is 27.7 Å². The van der Waals surface area contributed by atoms with Gasteiger partial charge >= 0.3 is 23.9 Å². The van der Waals surface area contributed by atoms with Crippen molar-refractivity contribution in [1.82, 2.24) is 0 Å². The molecular weight excluding hydrogens is 464 g/mol. The summed E-state index contributed by atoms with van der Waals surface area (Å²) in [7, 11) is 0. The Bertz CT molecular complexity index is 1070. The Balaban J connectivity index is 1.98. The average Bonchev–Trinajstić information content (AvgIpc) is 2.75. The Labute approximate surface area is 201 Å². The second-order valence-electron chi connectivity index (χ2n) is 7.69. The van der Waals surface area contributed by atoms with Crippen molar-refractivity contribution in [3.8, 4) is 0 Å². The standard InChI is InChI=1S/C24H26O9S/c1-13(25)29-12-20-21(30-14(2)26)22(31-15(3)27)23(32-16(4)28)24(33-20)34-19-10-9-17-7-5-6-8-18(17)11-19/h5-11,20-24H,12H2,1-4H3/t20-,21-,22-,23-,24+/m0/s1. The molecule has 0 aromatic heterocycles. The van der Waals surface area contributed by atoms with Crippen LogP contribution in [-0.4, -0.2) is 60.3 Å². The van der Waals surface area contributed by atoms with E-state index >= 15 is 0 Å². The van der Waals surface area contributed by atoms with Gasteiger partial charge in [0, 0.05) is 32.6 Å². The van der Waals surface area contributed by atoms with Crippen molar-refractivity contribution in [2.24, 2.45) is 0 Å². The summed E-state index contributed by atoms with van der Waals surface area (Å²) in [6, 6.07) is 13.6. The predicted octanol–water partition coefficient (Wildman–Crippen LogP) is 3.02. The van der Waals surface area contributed by atoms with Crippen LogP contribution in [-0.2, 0) is 42.9 Å². The maximum Gasteiger partial charge on any atom is 0.303 e. The van der Waals surface area contributed by atoms with Crippen molar-refractivity contribution in [3.05, 3.63) is 42.5 Å². The van der Waals surface area contributed by atoms with Gasteiger partial charge in [0.15, 0.2) is 18.3 Å². The molecule has 2 aromatic carbocycles. The van der Waals surface area contributed by atoms with Crippen molar-refractivity contribution in [2.75, 3.05) is 6.61 Å². The van der Waals surface area contributed by atoms with Gasteiger partial charge in [0.05, 0.1) is 0 Å². The van der Waals surface area contributed by atoms with Crippen LogP contribution in [0.5, 0.6) is 0 Å². The largest absolute Gasteiger partial charge is 0.463 e. The topological polar surface area (TPSA) is 114 Å². The fourth-order valence-electron chi connectivity index (χ4n) is 3.66. The Morgan fingerprint density at radius 2 is 1.35 bits per heavy atom. The number of rotatable bonds is 7. The highest BCUT2D eigenvalue weighted by Crippen LogP contribution is 2.38. The molecule has 0 amide bonds. The van der Waals surface area contributed by atoms with Crippen LogP contribution >= 0.6 is 11.8 Å². The third-order valence-corrected chi connectivity index (χ3v) is 6.06. The molecule has 9 nitrogen and oxygen atoms in total. The summed E-state index contributed by atoms with van der Waals surface area (Å²) < 4.78 is 27.6. The molecule has 0 unspecified atom stereocenters. The van der Waals surface area contributed by atoms with E-state index in [1.54, 1.807) is 0 Å². The van der Waals surface area contributed by atoms with Gasteiger partial charge in [-0.25, -0.2) is 0 Å². The van der Waals surface area contributed by atoms with E-state index in [9.17, 15) is 19.2 Å². The molecule has 34 heavy (non-hydrogen) atoms. The van der Waals surface area contributed by atoms with Crippen LogP contribution in [0.3, 0.4) is 0 Å². The quantitative estimate of drug-likeness (QED) is 0.424. The van der Waals surface area contributed by atoms with Gasteiger partial charge < -0.3 is 23.7 Å². The number of fused-ring (bicyclic) bond motifs is 1. The van der Waals surface area contributed by atoms with Crippen LogP contribution < -0.4 is 0 Å². The van der Waals surface area contributed by atoms with E-state index in [1.165, 1.54) is 39.5 Å². The highest BCUT2D eigenvalue weighted by Gasteiger charge is 2.52. The highest BCUT2D eigenvalue weighted by atomic mass is 32.2. The van der Waals surface area contributed by atoms with Crippen LogP contribution in [0.15, 0.2) is 47.4 Å². The van der Waals surface area contributed by atoms with Crippen LogP contribution in [0.4, 0.5) is 0 Å². The third-order valence-electron chi connectivity index (χ3n) is 4.92. The van der Waals surface area contributed by atoms with E-state index in [0.717, 1.165) is 15.7 Å². The number of benzene rings is 2. The second-order valence-corrected chi connectivity index (χ2v) is 8.87. The molecule has 1 aliphatic heterocycles. The number of hydrogen-bond donors (Lipinski definition) is 0. The van der Waals surface area contributed by atoms with Gasteiger partial charge in [-0.3, -0.25) is 19.2 Å². The van der Waals surface area contributed by atoms with E-state index < -0.39 is 53.7 Å². The Hall–Kier alpha value is -3.11. The van der Waals surface area contributed by atoms with Crippen molar-refractivity contribution in [3.63, 3.8) is 0 Å². The average molecular weight is 491 g/mol. The van der Waals surface area contributed by atoms with Gasteiger partial charge in [-0.1, -0.05) is 42.1 Å². The molecule has 0 saturated carbocycles. The van der Waals surface area contributed by atoms with Crippen molar-refractivity contribution >= 4 is 46.4 Å². The first kappa shape index (κ1) is 25.5. The molecule has 1 aliphatic rings. The first-order valence-corrected chi connectivity index (χ1v) is 11.5. The summed E-state index contributed by atoms with van der Waals surface area (Å²) in [5, 5.41) is 2.05. The zero-order chi connectivity index (χ0) is 24.8. The van der Waals surface area contributed by atoms with E-state index in [1.807, 2.05) is 42.5 Å². The number of hydrogen-bond acceptors (Lipinski definition) is 10. The fraction of sp³-hybridized carbons (Fsp3) is 0.417. The predicted molar refractivity (Wildman–Crippen MR) is 122 cm³/mol. The maximum atomic E-state index is 11.9. The molecule has 10 heteroatoms.